The molecule has 1 aromatic carbocycles. The molecule has 0 amide bonds. The average Bonchev–Trinajstić information content (AvgIpc) is 3.32. The number of nitrogens with zero attached hydrogens (tertiary/aromatic N) is 4. The summed E-state index contributed by atoms with van der Waals surface area (Å²) in [5.74, 6) is 0. The maximum Gasteiger partial charge on any atom is 0.168 e. The molecule has 25 heavy (non-hydrogen) atoms. The van der Waals surface area contributed by atoms with Crippen molar-refractivity contribution in [2.45, 2.75) is 12.5 Å². The summed E-state index contributed by atoms with van der Waals surface area (Å²) in [7, 11) is 2.12. The van der Waals surface area contributed by atoms with Crippen LogP contribution in [0.2, 0.25) is 0 Å². The fraction of sp³-hybridized carbons (Fsp3) is 0.200. The second-order valence-electron chi connectivity index (χ2n) is 6.50. The number of amidine groups is 1. The van der Waals surface area contributed by atoms with Crippen LogP contribution < -0.4 is 0 Å². The van der Waals surface area contributed by atoms with E-state index >= 15 is 0 Å². The van der Waals surface area contributed by atoms with Gasteiger partial charge in [-0.1, -0.05) is 30.0 Å². The van der Waals surface area contributed by atoms with Gasteiger partial charge in [-0.15, -0.1) is 0 Å². The van der Waals surface area contributed by atoms with E-state index in [1.807, 2.05) is 18.5 Å². The number of aryl methyl sites for hydroxylation is 1. The van der Waals surface area contributed by atoms with E-state index < -0.39 is 0 Å². The van der Waals surface area contributed by atoms with Crippen molar-refractivity contribution in [1.82, 2.24) is 14.5 Å². The smallest absolute Gasteiger partial charge is 0.168 e. The van der Waals surface area contributed by atoms with Crippen molar-refractivity contribution in [3.63, 3.8) is 0 Å². The Morgan fingerprint density at radius 1 is 1.20 bits per heavy atom. The van der Waals surface area contributed by atoms with Crippen LogP contribution in [0, 0.1) is 0 Å². The molecule has 1 atom stereocenters. The van der Waals surface area contributed by atoms with Gasteiger partial charge in [-0.3, -0.25) is 9.98 Å². The van der Waals surface area contributed by atoms with Gasteiger partial charge in [0, 0.05) is 47.5 Å². The number of pyridine rings is 1. The van der Waals surface area contributed by atoms with Gasteiger partial charge in [0.1, 0.15) is 0 Å². The normalized spacial score (nSPS) is 19.2. The second kappa shape index (κ2) is 5.77. The number of para-hydroxylation sites is 1. The fourth-order valence-corrected chi connectivity index (χ4v) is 4.75. The SMILES string of the molecule is Cn1cc(CC2CN=C3SC=C(c4cccnc4)N32)c2ccccc21. The Labute approximate surface area is 150 Å². The van der Waals surface area contributed by atoms with Gasteiger partial charge in [-0.2, -0.15) is 0 Å². The zero-order valence-corrected chi connectivity index (χ0v) is 14.8. The molecule has 0 saturated carbocycles. The highest BCUT2D eigenvalue weighted by molar-refractivity contribution is 8.16. The predicted octanol–water partition coefficient (Wildman–Crippen LogP) is 3.90. The monoisotopic (exact) mass is 346 g/mol. The lowest BCUT2D eigenvalue weighted by Gasteiger charge is -2.25. The van der Waals surface area contributed by atoms with Crippen LogP contribution in [0.25, 0.3) is 16.6 Å². The maximum absolute atomic E-state index is 4.76. The van der Waals surface area contributed by atoms with Crippen molar-refractivity contribution in [3.05, 3.63) is 71.5 Å². The molecule has 2 aromatic heterocycles. The Hall–Kier alpha value is -2.53. The molecule has 5 heteroatoms. The third kappa shape index (κ3) is 2.38. The summed E-state index contributed by atoms with van der Waals surface area (Å²) < 4.78 is 2.22. The highest BCUT2D eigenvalue weighted by atomic mass is 32.2. The van der Waals surface area contributed by atoms with Gasteiger partial charge >= 0.3 is 0 Å². The van der Waals surface area contributed by atoms with E-state index in [1.54, 1.807) is 11.8 Å². The van der Waals surface area contributed by atoms with Crippen molar-refractivity contribution < 1.29 is 0 Å². The summed E-state index contributed by atoms with van der Waals surface area (Å²) in [4.78, 5) is 11.4. The molecule has 0 bridgehead atoms. The molecule has 0 aliphatic carbocycles. The molecular weight excluding hydrogens is 328 g/mol. The van der Waals surface area contributed by atoms with E-state index in [4.69, 9.17) is 4.99 Å². The Morgan fingerprint density at radius 3 is 3.00 bits per heavy atom. The molecule has 0 spiro atoms. The van der Waals surface area contributed by atoms with Crippen molar-refractivity contribution in [3.8, 4) is 0 Å². The molecule has 5 rings (SSSR count). The summed E-state index contributed by atoms with van der Waals surface area (Å²) in [6.45, 7) is 0.850. The lowest BCUT2D eigenvalue weighted by atomic mass is 10.0. The van der Waals surface area contributed by atoms with Crippen LogP contribution in [-0.2, 0) is 13.5 Å². The first-order valence-corrected chi connectivity index (χ1v) is 9.33. The van der Waals surface area contributed by atoms with Gasteiger partial charge in [0.05, 0.1) is 18.3 Å². The summed E-state index contributed by atoms with van der Waals surface area (Å²) in [6, 6.07) is 13.1. The van der Waals surface area contributed by atoms with Crippen LogP contribution in [-0.4, -0.2) is 32.2 Å². The van der Waals surface area contributed by atoms with Crippen LogP contribution in [0.1, 0.15) is 11.1 Å². The van der Waals surface area contributed by atoms with E-state index in [0.29, 0.717) is 6.04 Å². The molecule has 2 aliphatic rings. The summed E-state index contributed by atoms with van der Waals surface area (Å²) in [6.07, 6.45) is 7.01. The Bertz CT molecular complexity index is 1000. The van der Waals surface area contributed by atoms with Crippen molar-refractivity contribution in [1.29, 1.82) is 0 Å². The van der Waals surface area contributed by atoms with Crippen molar-refractivity contribution >= 4 is 33.5 Å². The summed E-state index contributed by atoms with van der Waals surface area (Å²) >= 11 is 1.72. The van der Waals surface area contributed by atoms with Crippen molar-refractivity contribution in [2.75, 3.05) is 6.54 Å². The third-order valence-corrected chi connectivity index (χ3v) is 5.81. The highest BCUT2D eigenvalue weighted by Gasteiger charge is 2.35. The molecule has 3 aromatic rings. The Morgan fingerprint density at radius 2 is 2.12 bits per heavy atom. The minimum atomic E-state index is 0.363. The molecule has 0 N–H and O–H groups in total. The zero-order valence-electron chi connectivity index (χ0n) is 14.0. The number of aromatic nitrogens is 2. The number of benzene rings is 1. The molecule has 1 unspecified atom stereocenters. The van der Waals surface area contributed by atoms with Gasteiger partial charge in [0.15, 0.2) is 5.17 Å². The van der Waals surface area contributed by atoms with E-state index in [1.165, 1.54) is 22.2 Å². The first kappa shape index (κ1) is 14.8. The number of fused-ring (bicyclic) bond motifs is 2. The molecule has 0 saturated heterocycles. The molecule has 4 nitrogen and oxygen atoms in total. The van der Waals surface area contributed by atoms with Crippen molar-refractivity contribution in [2.24, 2.45) is 12.0 Å². The summed E-state index contributed by atoms with van der Waals surface area (Å²) in [5.41, 5.74) is 5.06. The number of hydrogen-bond donors (Lipinski definition) is 0. The standard InChI is InChI=1S/C20H18N4S/c1-23-12-15(17-6-2-3-7-18(17)23)9-16-11-22-20-24(16)19(13-25-20)14-5-4-8-21-10-14/h2-8,10,12-13,16H,9,11H2,1H3. The lowest BCUT2D eigenvalue weighted by Crippen LogP contribution is -2.33. The Kier molecular flexibility index (Phi) is 3.41. The molecule has 4 heterocycles. The fourth-order valence-electron chi connectivity index (χ4n) is 3.78. The lowest BCUT2D eigenvalue weighted by molar-refractivity contribution is 0.463. The van der Waals surface area contributed by atoms with Gasteiger partial charge in [-0.05, 0) is 30.2 Å². The number of hydrogen-bond acceptors (Lipinski definition) is 4. The van der Waals surface area contributed by atoms with Gasteiger partial charge < -0.3 is 9.47 Å². The van der Waals surface area contributed by atoms with E-state index in [9.17, 15) is 0 Å². The van der Waals surface area contributed by atoms with Crippen LogP contribution >= 0.6 is 11.8 Å². The minimum absolute atomic E-state index is 0.363. The van der Waals surface area contributed by atoms with E-state index in [-0.39, 0.29) is 0 Å². The quantitative estimate of drug-likeness (QED) is 0.721. The van der Waals surface area contributed by atoms with Gasteiger partial charge in [0.25, 0.3) is 0 Å². The third-order valence-electron chi connectivity index (χ3n) is 4.94. The topological polar surface area (TPSA) is 33.4 Å². The highest BCUT2D eigenvalue weighted by Crippen LogP contribution is 2.39. The average molecular weight is 346 g/mol. The van der Waals surface area contributed by atoms with E-state index in [2.05, 4.69) is 63.4 Å². The Balaban J connectivity index is 1.48. The zero-order chi connectivity index (χ0) is 16.8. The minimum Gasteiger partial charge on any atom is -0.350 e. The molecular formula is C20H18N4S. The second-order valence-corrected chi connectivity index (χ2v) is 7.33. The van der Waals surface area contributed by atoms with Crippen LogP contribution in [0.5, 0.6) is 0 Å². The first-order chi connectivity index (χ1) is 12.3. The van der Waals surface area contributed by atoms with Crippen LogP contribution in [0.15, 0.2) is 65.4 Å². The molecule has 0 radical (unpaired) electrons. The first-order valence-electron chi connectivity index (χ1n) is 8.45. The molecule has 2 aliphatic heterocycles. The maximum atomic E-state index is 4.76. The molecule has 0 fully saturated rings. The van der Waals surface area contributed by atoms with Crippen LogP contribution in [0.3, 0.4) is 0 Å². The van der Waals surface area contributed by atoms with E-state index in [0.717, 1.165) is 23.7 Å². The largest absolute Gasteiger partial charge is 0.350 e. The number of thioether (sulfide) groups is 1. The van der Waals surface area contributed by atoms with Gasteiger partial charge in [0.2, 0.25) is 0 Å². The predicted molar refractivity (Wildman–Crippen MR) is 104 cm³/mol. The summed E-state index contributed by atoms with van der Waals surface area (Å²) in [5, 5.41) is 4.66. The van der Waals surface area contributed by atoms with Gasteiger partial charge in [-0.25, -0.2) is 0 Å². The molecule has 124 valence electrons. The number of rotatable bonds is 3. The number of aliphatic imine (C=N–C) groups is 1. The van der Waals surface area contributed by atoms with Crippen LogP contribution in [0.4, 0.5) is 0 Å².